The van der Waals surface area contributed by atoms with Gasteiger partial charge in [0.1, 0.15) is 0 Å². The minimum Gasteiger partial charge on any atom is -0.369 e. The van der Waals surface area contributed by atoms with Crippen molar-refractivity contribution in [1.82, 2.24) is 15.2 Å². The summed E-state index contributed by atoms with van der Waals surface area (Å²) in [6, 6.07) is 12.3. The number of likely N-dealkylation sites (N-methyl/N-ethyl adjacent to an activating group) is 1. The molecule has 1 amide bonds. The Hall–Kier alpha value is -2.40. The highest BCUT2D eigenvalue weighted by molar-refractivity contribution is 5.95. The van der Waals surface area contributed by atoms with E-state index >= 15 is 0 Å². The summed E-state index contributed by atoms with van der Waals surface area (Å²) in [6.07, 6.45) is 4.67. The van der Waals surface area contributed by atoms with Gasteiger partial charge in [-0.05, 0) is 48.9 Å². The number of aromatic nitrogens is 1. The lowest BCUT2D eigenvalue weighted by atomic mass is 10.1. The van der Waals surface area contributed by atoms with Crippen molar-refractivity contribution in [3.63, 3.8) is 0 Å². The molecule has 2 fully saturated rings. The Morgan fingerprint density at radius 2 is 1.92 bits per heavy atom. The topological polar surface area (TPSA) is 48.5 Å². The molecule has 2 aromatic rings. The zero-order chi connectivity index (χ0) is 17.9. The Morgan fingerprint density at radius 3 is 2.58 bits per heavy atom. The fraction of sp³-hybridized carbons (Fsp3) is 0.429. The molecule has 2 aliphatic rings. The van der Waals surface area contributed by atoms with Gasteiger partial charge in [0.2, 0.25) is 0 Å². The van der Waals surface area contributed by atoms with E-state index < -0.39 is 0 Å². The molecular weight excluding hydrogens is 324 g/mol. The monoisotopic (exact) mass is 350 g/mol. The molecule has 4 rings (SSSR count). The van der Waals surface area contributed by atoms with Crippen LogP contribution in [-0.2, 0) is 0 Å². The first kappa shape index (κ1) is 17.0. The number of carbonyl (C=O) groups excluding carboxylic acids is 1. The normalized spacial score (nSPS) is 22.9. The fourth-order valence-electron chi connectivity index (χ4n) is 3.72. The van der Waals surface area contributed by atoms with E-state index in [1.54, 1.807) is 6.20 Å². The third-order valence-corrected chi connectivity index (χ3v) is 5.53. The second-order valence-electron chi connectivity index (χ2n) is 7.18. The predicted octanol–water partition coefficient (Wildman–Crippen LogP) is 2.51. The number of carbonyl (C=O) groups is 1. The van der Waals surface area contributed by atoms with Crippen LogP contribution in [0, 0.1) is 0 Å². The first-order valence-electron chi connectivity index (χ1n) is 9.52. The summed E-state index contributed by atoms with van der Waals surface area (Å²) in [5, 5.41) is 3.14. The summed E-state index contributed by atoms with van der Waals surface area (Å²) in [7, 11) is 0. The van der Waals surface area contributed by atoms with Gasteiger partial charge in [-0.15, -0.1) is 0 Å². The molecule has 0 unspecified atom stereocenters. The molecular formula is C21H26N4O. The second kappa shape index (κ2) is 7.46. The number of nitrogens with zero attached hydrogens (tertiary/aromatic N) is 3. The highest BCUT2D eigenvalue weighted by atomic mass is 16.1. The molecule has 5 heteroatoms. The molecule has 1 aromatic carbocycles. The molecule has 5 nitrogen and oxygen atoms in total. The van der Waals surface area contributed by atoms with Crippen molar-refractivity contribution in [2.45, 2.75) is 25.3 Å². The Labute approximate surface area is 155 Å². The number of rotatable bonds is 5. The standard InChI is InChI=1S/C21H26N4O/c1-2-24-10-12-25(13-11-24)18-7-5-16(6-8-18)21(26)23-20-14-19(20)17-4-3-9-22-15-17/h3-9,15,19-20H,2,10-14H2,1H3,(H,23,26)/t19-,20+/m1/s1. The predicted molar refractivity (Wildman–Crippen MR) is 104 cm³/mol. The summed E-state index contributed by atoms with van der Waals surface area (Å²) in [5.74, 6) is 0.422. The molecule has 0 radical (unpaired) electrons. The average Bonchev–Trinajstić information content (AvgIpc) is 3.48. The summed E-state index contributed by atoms with van der Waals surface area (Å²) in [6.45, 7) is 7.64. The fourth-order valence-corrected chi connectivity index (χ4v) is 3.72. The molecule has 1 saturated carbocycles. The van der Waals surface area contributed by atoms with Crippen molar-refractivity contribution in [2.75, 3.05) is 37.6 Å². The molecule has 26 heavy (non-hydrogen) atoms. The van der Waals surface area contributed by atoms with Crippen molar-refractivity contribution in [3.8, 4) is 0 Å². The van der Waals surface area contributed by atoms with Gasteiger partial charge in [-0.1, -0.05) is 13.0 Å². The van der Waals surface area contributed by atoms with Gasteiger partial charge in [-0.25, -0.2) is 0 Å². The van der Waals surface area contributed by atoms with Gasteiger partial charge in [0.05, 0.1) is 0 Å². The smallest absolute Gasteiger partial charge is 0.251 e. The van der Waals surface area contributed by atoms with Gasteiger partial charge < -0.3 is 15.1 Å². The van der Waals surface area contributed by atoms with Gasteiger partial charge >= 0.3 is 0 Å². The van der Waals surface area contributed by atoms with E-state index in [0.29, 0.717) is 5.92 Å². The van der Waals surface area contributed by atoms with Crippen LogP contribution in [-0.4, -0.2) is 54.6 Å². The van der Waals surface area contributed by atoms with Gasteiger partial charge in [-0.2, -0.15) is 0 Å². The number of amides is 1. The Morgan fingerprint density at radius 1 is 1.15 bits per heavy atom. The number of hydrogen-bond donors (Lipinski definition) is 1. The first-order valence-corrected chi connectivity index (χ1v) is 9.52. The van der Waals surface area contributed by atoms with E-state index in [4.69, 9.17) is 0 Å². The van der Waals surface area contributed by atoms with Crippen molar-refractivity contribution in [1.29, 1.82) is 0 Å². The van der Waals surface area contributed by atoms with Crippen molar-refractivity contribution < 1.29 is 4.79 Å². The molecule has 1 aliphatic carbocycles. The molecule has 1 saturated heterocycles. The zero-order valence-corrected chi connectivity index (χ0v) is 15.3. The van der Waals surface area contributed by atoms with E-state index in [0.717, 1.165) is 44.7 Å². The number of hydrogen-bond acceptors (Lipinski definition) is 4. The van der Waals surface area contributed by atoms with E-state index in [1.165, 1.54) is 11.3 Å². The van der Waals surface area contributed by atoms with Gasteiger partial charge in [0.15, 0.2) is 0 Å². The van der Waals surface area contributed by atoms with Crippen molar-refractivity contribution in [2.24, 2.45) is 0 Å². The first-order chi connectivity index (χ1) is 12.7. The Balaban J connectivity index is 1.32. The van der Waals surface area contributed by atoms with Crippen LogP contribution >= 0.6 is 0 Å². The summed E-state index contributed by atoms with van der Waals surface area (Å²) in [4.78, 5) is 21.5. The lowest BCUT2D eigenvalue weighted by molar-refractivity contribution is 0.0950. The van der Waals surface area contributed by atoms with E-state index in [9.17, 15) is 4.79 Å². The van der Waals surface area contributed by atoms with Crippen LogP contribution in [0.25, 0.3) is 0 Å². The molecule has 2 heterocycles. The maximum absolute atomic E-state index is 12.5. The number of pyridine rings is 1. The van der Waals surface area contributed by atoms with E-state index in [1.807, 2.05) is 24.4 Å². The number of piperazine rings is 1. The van der Waals surface area contributed by atoms with E-state index in [2.05, 4.69) is 45.2 Å². The molecule has 2 atom stereocenters. The van der Waals surface area contributed by atoms with Gasteiger partial charge in [0.25, 0.3) is 5.91 Å². The average molecular weight is 350 g/mol. The van der Waals surface area contributed by atoms with E-state index in [-0.39, 0.29) is 11.9 Å². The van der Waals surface area contributed by atoms with Crippen LogP contribution in [0.4, 0.5) is 5.69 Å². The SMILES string of the molecule is CCN1CCN(c2ccc(C(=O)N[C@H]3C[C@@H]3c3cccnc3)cc2)CC1. The molecule has 1 N–H and O–H groups in total. The summed E-state index contributed by atoms with van der Waals surface area (Å²) in [5.41, 5.74) is 3.15. The van der Waals surface area contributed by atoms with Crippen LogP contribution in [0.1, 0.15) is 35.2 Å². The maximum Gasteiger partial charge on any atom is 0.251 e. The van der Waals surface area contributed by atoms with Crippen molar-refractivity contribution in [3.05, 3.63) is 59.9 Å². The van der Waals surface area contributed by atoms with Crippen LogP contribution in [0.5, 0.6) is 0 Å². The molecule has 136 valence electrons. The van der Waals surface area contributed by atoms with Crippen LogP contribution in [0.2, 0.25) is 0 Å². The van der Waals surface area contributed by atoms with Gasteiger partial charge in [0, 0.05) is 61.8 Å². The van der Waals surface area contributed by atoms with Gasteiger partial charge in [-0.3, -0.25) is 9.78 Å². The third-order valence-electron chi connectivity index (χ3n) is 5.53. The summed E-state index contributed by atoms with van der Waals surface area (Å²) >= 11 is 0. The number of anilines is 1. The third kappa shape index (κ3) is 3.73. The second-order valence-corrected chi connectivity index (χ2v) is 7.18. The highest BCUT2D eigenvalue weighted by Gasteiger charge is 2.39. The Kier molecular flexibility index (Phi) is 4.89. The lowest BCUT2D eigenvalue weighted by Crippen LogP contribution is -2.46. The zero-order valence-electron chi connectivity index (χ0n) is 15.3. The molecule has 1 aliphatic heterocycles. The molecule has 0 spiro atoms. The Bertz CT molecular complexity index is 738. The molecule has 1 aromatic heterocycles. The largest absolute Gasteiger partial charge is 0.369 e. The van der Waals surface area contributed by atoms with Crippen LogP contribution in [0.15, 0.2) is 48.8 Å². The number of benzene rings is 1. The number of nitrogens with one attached hydrogen (secondary N) is 1. The maximum atomic E-state index is 12.5. The quantitative estimate of drug-likeness (QED) is 0.900. The van der Waals surface area contributed by atoms with Crippen LogP contribution < -0.4 is 10.2 Å². The van der Waals surface area contributed by atoms with Crippen molar-refractivity contribution >= 4 is 11.6 Å². The van der Waals surface area contributed by atoms with Crippen LogP contribution in [0.3, 0.4) is 0 Å². The molecule has 0 bridgehead atoms. The minimum atomic E-state index is 0.0174. The summed E-state index contributed by atoms with van der Waals surface area (Å²) < 4.78 is 0. The lowest BCUT2D eigenvalue weighted by Gasteiger charge is -2.35. The minimum absolute atomic E-state index is 0.0174. The highest BCUT2D eigenvalue weighted by Crippen LogP contribution is 2.40.